The van der Waals surface area contributed by atoms with Gasteiger partial charge in [0, 0.05) is 11.9 Å². The Kier molecular flexibility index (Phi) is 4.29. The van der Waals surface area contributed by atoms with E-state index in [4.69, 9.17) is 5.73 Å². The van der Waals surface area contributed by atoms with Crippen LogP contribution in [-0.2, 0) is 6.54 Å². The first-order chi connectivity index (χ1) is 9.06. The lowest BCUT2D eigenvalue weighted by atomic mass is 10.1. The molecule has 0 aliphatic heterocycles. The number of amides is 1. The minimum absolute atomic E-state index is 0.136. The van der Waals surface area contributed by atoms with Gasteiger partial charge in [0.1, 0.15) is 10.7 Å². The molecule has 1 heterocycles. The molecule has 0 spiro atoms. The standard InChI is InChI=1S/C14H17N3OS/c1-9-3-5-11(6-4-9)7-16-13(18)12-8-19-14(17-12)10(2)15/h3-6,8,10H,7,15H2,1-2H3,(H,16,18). The summed E-state index contributed by atoms with van der Waals surface area (Å²) in [5.41, 5.74) is 8.43. The molecule has 0 bridgehead atoms. The third-order valence-electron chi connectivity index (χ3n) is 2.72. The van der Waals surface area contributed by atoms with Crippen molar-refractivity contribution in [1.82, 2.24) is 10.3 Å². The van der Waals surface area contributed by atoms with Crippen molar-refractivity contribution in [2.24, 2.45) is 5.73 Å². The molecule has 0 saturated heterocycles. The number of hydrogen-bond acceptors (Lipinski definition) is 4. The minimum Gasteiger partial charge on any atom is -0.347 e. The van der Waals surface area contributed by atoms with E-state index >= 15 is 0 Å². The van der Waals surface area contributed by atoms with Crippen molar-refractivity contribution < 1.29 is 4.79 Å². The highest BCUT2D eigenvalue weighted by atomic mass is 32.1. The van der Waals surface area contributed by atoms with Gasteiger partial charge in [-0.3, -0.25) is 4.79 Å². The lowest BCUT2D eigenvalue weighted by molar-refractivity contribution is 0.0946. The number of benzene rings is 1. The lowest BCUT2D eigenvalue weighted by Gasteiger charge is -2.04. The second-order valence-electron chi connectivity index (χ2n) is 4.53. The molecule has 3 N–H and O–H groups in total. The van der Waals surface area contributed by atoms with E-state index in [0.29, 0.717) is 12.2 Å². The fourth-order valence-corrected chi connectivity index (χ4v) is 2.34. The number of rotatable bonds is 4. The summed E-state index contributed by atoms with van der Waals surface area (Å²) in [7, 11) is 0. The van der Waals surface area contributed by atoms with E-state index in [9.17, 15) is 4.79 Å². The number of nitrogens with one attached hydrogen (secondary N) is 1. The van der Waals surface area contributed by atoms with Crippen LogP contribution in [0.2, 0.25) is 0 Å². The quantitative estimate of drug-likeness (QED) is 0.900. The van der Waals surface area contributed by atoms with E-state index in [0.717, 1.165) is 10.6 Å². The first-order valence-electron chi connectivity index (χ1n) is 6.11. The molecule has 1 unspecified atom stereocenters. The molecule has 2 rings (SSSR count). The molecule has 2 aromatic rings. The third-order valence-corrected chi connectivity index (χ3v) is 3.76. The molecule has 19 heavy (non-hydrogen) atoms. The van der Waals surface area contributed by atoms with Crippen LogP contribution in [0.3, 0.4) is 0 Å². The topological polar surface area (TPSA) is 68.0 Å². The Hall–Kier alpha value is -1.72. The van der Waals surface area contributed by atoms with Crippen molar-refractivity contribution in [3.8, 4) is 0 Å². The number of carbonyl (C=O) groups excluding carboxylic acids is 1. The van der Waals surface area contributed by atoms with Crippen LogP contribution < -0.4 is 11.1 Å². The predicted molar refractivity (Wildman–Crippen MR) is 77.1 cm³/mol. The second-order valence-corrected chi connectivity index (χ2v) is 5.42. The average molecular weight is 275 g/mol. The highest BCUT2D eigenvalue weighted by Gasteiger charge is 2.12. The van der Waals surface area contributed by atoms with Gasteiger partial charge < -0.3 is 11.1 Å². The minimum atomic E-state index is -0.163. The molecule has 100 valence electrons. The van der Waals surface area contributed by atoms with E-state index in [1.807, 2.05) is 38.1 Å². The number of thiazole rings is 1. The number of aromatic nitrogens is 1. The summed E-state index contributed by atoms with van der Waals surface area (Å²) in [4.78, 5) is 16.1. The van der Waals surface area contributed by atoms with Crippen LogP contribution >= 0.6 is 11.3 Å². The molecule has 0 saturated carbocycles. The van der Waals surface area contributed by atoms with Gasteiger partial charge in [0.25, 0.3) is 5.91 Å². The Bertz CT molecular complexity index is 560. The normalized spacial score (nSPS) is 12.2. The predicted octanol–water partition coefficient (Wildman–Crippen LogP) is 2.40. The van der Waals surface area contributed by atoms with E-state index < -0.39 is 0 Å². The van der Waals surface area contributed by atoms with Gasteiger partial charge in [-0.05, 0) is 19.4 Å². The van der Waals surface area contributed by atoms with Gasteiger partial charge in [0.2, 0.25) is 0 Å². The van der Waals surface area contributed by atoms with Crippen molar-refractivity contribution in [1.29, 1.82) is 0 Å². The van der Waals surface area contributed by atoms with Crippen molar-refractivity contribution in [3.05, 3.63) is 51.5 Å². The van der Waals surface area contributed by atoms with Crippen LogP contribution in [0.1, 0.15) is 39.6 Å². The summed E-state index contributed by atoms with van der Waals surface area (Å²) in [6.45, 7) is 4.39. The van der Waals surface area contributed by atoms with Crippen molar-refractivity contribution in [2.45, 2.75) is 26.4 Å². The average Bonchev–Trinajstić information content (AvgIpc) is 2.87. The molecule has 1 aromatic carbocycles. The number of nitrogens with two attached hydrogens (primary N) is 1. The van der Waals surface area contributed by atoms with Crippen LogP contribution in [0.25, 0.3) is 0 Å². The maximum atomic E-state index is 11.9. The first kappa shape index (κ1) is 13.7. The number of nitrogens with zero attached hydrogens (tertiary/aromatic N) is 1. The highest BCUT2D eigenvalue weighted by Crippen LogP contribution is 2.15. The number of aryl methyl sites for hydroxylation is 1. The van der Waals surface area contributed by atoms with Crippen molar-refractivity contribution >= 4 is 17.2 Å². The van der Waals surface area contributed by atoms with Crippen LogP contribution in [-0.4, -0.2) is 10.9 Å². The Morgan fingerprint density at radius 3 is 2.68 bits per heavy atom. The fourth-order valence-electron chi connectivity index (χ4n) is 1.58. The summed E-state index contributed by atoms with van der Waals surface area (Å²) in [5, 5.41) is 5.37. The zero-order valence-electron chi connectivity index (χ0n) is 11.0. The van der Waals surface area contributed by atoms with Gasteiger partial charge in [0.05, 0.1) is 6.04 Å². The van der Waals surface area contributed by atoms with Gasteiger partial charge in [-0.1, -0.05) is 29.8 Å². The van der Waals surface area contributed by atoms with Gasteiger partial charge >= 0.3 is 0 Å². The monoisotopic (exact) mass is 275 g/mol. The molecular formula is C14H17N3OS. The molecule has 5 heteroatoms. The van der Waals surface area contributed by atoms with E-state index in [1.165, 1.54) is 16.9 Å². The molecule has 1 amide bonds. The summed E-state index contributed by atoms with van der Waals surface area (Å²) in [6.07, 6.45) is 0. The van der Waals surface area contributed by atoms with E-state index in [1.54, 1.807) is 5.38 Å². The fraction of sp³-hybridized carbons (Fsp3) is 0.286. The third kappa shape index (κ3) is 3.62. The second kappa shape index (κ2) is 5.95. The van der Waals surface area contributed by atoms with E-state index in [2.05, 4.69) is 10.3 Å². The molecule has 0 aliphatic rings. The highest BCUT2D eigenvalue weighted by molar-refractivity contribution is 7.09. The van der Waals surface area contributed by atoms with Gasteiger partial charge in [0.15, 0.2) is 0 Å². The maximum absolute atomic E-state index is 11.9. The van der Waals surface area contributed by atoms with Crippen LogP contribution in [0.4, 0.5) is 0 Å². The van der Waals surface area contributed by atoms with Gasteiger partial charge in [-0.25, -0.2) is 4.98 Å². The zero-order chi connectivity index (χ0) is 13.8. The molecule has 0 fully saturated rings. The summed E-state index contributed by atoms with van der Waals surface area (Å²) < 4.78 is 0. The molecule has 4 nitrogen and oxygen atoms in total. The SMILES string of the molecule is Cc1ccc(CNC(=O)c2csc(C(C)N)n2)cc1. The zero-order valence-corrected chi connectivity index (χ0v) is 11.8. The van der Waals surface area contributed by atoms with Crippen LogP contribution in [0.5, 0.6) is 0 Å². The van der Waals surface area contributed by atoms with Crippen molar-refractivity contribution in [2.75, 3.05) is 0 Å². The molecule has 0 aliphatic carbocycles. The maximum Gasteiger partial charge on any atom is 0.271 e. The smallest absolute Gasteiger partial charge is 0.271 e. The molecule has 1 aromatic heterocycles. The molecule has 0 radical (unpaired) electrons. The molecule has 1 atom stereocenters. The Morgan fingerprint density at radius 1 is 1.42 bits per heavy atom. The van der Waals surface area contributed by atoms with Gasteiger partial charge in [-0.15, -0.1) is 11.3 Å². The van der Waals surface area contributed by atoms with Crippen molar-refractivity contribution in [3.63, 3.8) is 0 Å². The summed E-state index contributed by atoms with van der Waals surface area (Å²) in [6, 6.07) is 7.93. The largest absolute Gasteiger partial charge is 0.347 e. The number of hydrogen-bond donors (Lipinski definition) is 2. The lowest BCUT2D eigenvalue weighted by Crippen LogP contribution is -2.23. The Morgan fingerprint density at radius 2 is 2.11 bits per heavy atom. The summed E-state index contributed by atoms with van der Waals surface area (Å²) >= 11 is 1.41. The van der Waals surface area contributed by atoms with E-state index in [-0.39, 0.29) is 11.9 Å². The summed E-state index contributed by atoms with van der Waals surface area (Å²) in [5.74, 6) is -0.163. The first-order valence-corrected chi connectivity index (χ1v) is 6.99. The Balaban J connectivity index is 1.95. The number of carbonyl (C=O) groups is 1. The van der Waals surface area contributed by atoms with Crippen LogP contribution in [0.15, 0.2) is 29.6 Å². The molecular weight excluding hydrogens is 258 g/mol. The Labute approximate surface area is 116 Å². The van der Waals surface area contributed by atoms with Crippen LogP contribution in [0, 0.1) is 6.92 Å². The van der Waals surface area contributed by atoms with Gasteiger partial charge in [-0.2, -0.15) is 0 Å².